The van der Waals surface area contributed by atoms with Crippen molar-refractivity contribution in [3.63, 3.8) is 0 Å². The van der Waals surface area contributed by atoms with Gasteiger partial charge in [-0.15, -0.1) is 11.3 Å². The third kappa shape index (κ3) is 3.11. The van der Waals surface area contributed by atoms with Gasteiger partial charge in [-0.05, 0) is 35.6 Å². The number of carbonyl (C=O) groups is 1. The molecule has 0 aliphatic heterocycles. The number of aryl methyl sites for hydroxylation is 1. The first-order valence-electron chi connectivity index (χ1n) is 6.36. The van der Waals surface area contributed by atoms with Crippen molar-refractivity contribution in [1.82, 2.24) is 5.32 Å². The van der Waals surface area contributed by atoms with Crippen LogP contribution >= 0.6 is 11.3 Å². The normalized spacial score (nSPS) is 10.3. The molecule has 0 atom stereocenters. The van der Waals surface area contributed by atoms with Crippen LogP contribution in [0.1, 0.15) is 27.7 Å². The summed E-state index contributed by atoms with van der Waals surface area (Å²) in [4.78, 5) is 13.2. The standard InChI is InChI=1S/C15H17NO3S/c1-3-10-6-7-20-14(10)9-16-15(18)12-5-4-11(19-2)8-13(12)17/h4-8,17H,3,9H2,1-2H3,(H,16,18). The van der Waals surface area contributed by atoms with Crippen molar-refractivity contribution >= 4 is 17.2 Å². The molecule has 2 rings (SSSR count). The average molecular weight is 291 g/mol. The molecule has 1 amide bonds. The molecule has 0 saturated carbocycles. The van der Waals surface area contributed by atoms with Gasteiger partial charge >= 0.3 is 0 Å². The van der Waals surface area contributed by atoms with Crippen molar-refractivity contribution in [1.29, 1.82) is 0 Å². The number of aromatic hydroxyl groups is 1. The lowest BCUT2D eigenvalue weighted by Gasteiger charge is -2.08. The molecule has 0 spiro atoms. The van der Waals surface area contributed by atoms with E-state index in [1.54, 1.807) is 23.5 Å². The summed E-state index contributed by atoms with van der Waals surface area (Å²) in [6, 6.07) is 6.70. The Morgan fingerprint density at radius 1 is 1.40 bits per heavy atom. The Labute approximate surface area is 122 Å². The van der Waals surface area contributed by atoms with E-state index in [0.29, 0.717) is 12.3 Å². The molecule has 106 valence electrons. The summed E-state index contributed by atoms with van der Waals surface area (Å²) in [5, 5.41) is 14.7. The number of benzene rings is 1. The zero-order chi connectivity index (χ0) is 14.5. The highest BCUT2D eigenvalue weighted by molar-refractivity contribution is 7.10. The van der Waals surface area contributed by atoms with Crippen LogP contribution in [0.2, 0.25) is 0 Å². The van der Waals surface area contributed by atoms with Crippen molar-refractivity contribution in [3.8, 4) is 11.5 Å². The van der Waals surface area contributed by atoms with Crippen LogP contribution in [0.3, 0.4) is 0 Å². The molecule has 2 N–H and O–H groups in total. The molecule has 4 nitrogen and oxygen atoms in total. The number of nitrogens with one attached hydrogen (secondary N) is 1. The van der Waals surface area contributed by atoms with Gasteiger partial charge in [0, 0.05) is 10.9 Å². The van der Waals surface area contributed by atoms with Gasteiger partial charge in [0.1, 0.15) is 11.5 Å². The first-order chi connectivity index (χ1) is 9.65. The van der Waals surface area contributed by atoms with Gasteiger partial charge in [0.2, 0.25) is 0 Å². The zero-order valence-electron chi connectivity index (χ0n) is 11.5. The number of ether oxygens (including phenoxy) is 1. The van der Waals surface area contributed by atoms with Crippen LogP contribution < -0.4 is 10.1 Å². The SMILES string of the molecule is CCc1ccsc1CNC(=O)c1ccc(OC)cc1O. The fourth-order valence-electron chi connectivity index (χ4n) is 1.92. The predicted molar refractivity (Wildman–Crippen MR) is 79.5 cm³/mol. The number of methoxy groups -OCH3 is 1. The van der Waals surface area contributed by atoms with Gasteiger partial charge in [0.25, 0.3) is 5.91 Å². The molecule has 0 saturated heterocycles. The summed E-state index contributed by atoms with van der Waals surface area (Å²) < 4.78 is 4.99. The molecule has 0 fully saturated rings. The van der Waals surface area contributed by atoms with Crippen LogP contribution in [-0.4, -0.2) is 18.1 Å². The monoisotopic (exact) mass is 291 g/mol. The minimum absolute atomic E-state index is 0.0799. The van der Waals surface area contributed by atoms with Crippen molar-refractivity contribution in [3.05, 3.63) is 45.6 Å². The van der Waals surface area contributed by atoms with Gasteiger partial charge in [0.05, 0.1) is 19.2 Å². The first-order valence-corrected chi connectivity index (χ1v) is 7.24. The fraction of sp³-hybridized carbons (Fsp3) is 0.267. The quantitative estimate of drug-likeness (QED) is 0.890. The number of amides is 1. The van der Waals surface area contributed by atoms with Crippen LogP contribution in [0.25, 0.3) is 0 Å². The molecular formula is C15H17NO3S. The number of phenolic OH excluding ortho intramolecular Hbond substituents is 1. The minimum atomic E-state index is -0.291. The second-order valence-electron chi connectivity index (χ2n) is 4.29. The molecular weight excluding hydrogens is 274 g/mol. The number of thiophene rings is 1. The largest absolute Gasteiger partial charge is 0.507 e. The van der Waals surface area contributed by atoms with Crippen LogP contribution in [0.4, 0.5) is 0 Å². The van der Waals surface area contributed by atoms with Crippen molar-refractivity contribution in [2.24, 2.45) is 0 Å². The van der Waals surface area contributed by atoms with Crippen LogP contribution in [0.5, 0.6) is 11.5 Å². The molecule has 0 aliphatic carbocycles. The van der Waals surface area contributed by atoms with E-state index in [1.807, 2.05) is 5.38 Å². The third-order valence-corrected chi connectivity index (χ3v) is 4.04. The lowest BCUT2D eigenvalue weighted by Crippen LogP contribution is -2.22. The van der Waals surface area contributed by atoms with Crippen LogP contribution in [-0.2, 0) is 13.0 Å². The Hall–Kier alpha value is -2.01. The Bertz CT molecular complexity index is 607. The lowest BCUT2D eigenvalue weighted by atomic mass is 10.1. The van der Waals surface area contributed by atoms with Gasteiger partial charge < -0.3 is 15.2 Å². The van der Waals surface area contributed by atoms with Crippen LogP contribution in [0.15, 0.2) is 29.6 Å². The molecule has 5 heteroatoms. The molecule has 0 aliphatic rings. The van der Waals surface area contributed by atoms with Crippen LogP contribution in [0, 0.1) is 0 Å². The number of hydrogen-bond acceptors (Lipinski definition) is 4. The van der Waals surface area contributed by atoms with E-state index in [-0.39, 0.29) is 17.2 Å². The molecule has 2 aromatic rings. The molecule has 1 aromatic heterocycles. The van der Waals surface area contributed by atoms with Gasteiger partial charge in [-0.25, -0.2) is 0 Å². The van der Waals surface area contributed by atoms with Crippen molar-refractivity contribution in [2.45, 2.75) is 19.9 Å². The summed E-state index contributed by atoms with van der Waals surface area (Å²) in [5.74, 6) is 0.148. The molecule has 0 bridgehead atoms. The van der Waals surface area contributed by atoms with Gasteiger partial charge in [-0.1, -0.05) is 6.92 Å². The van der Waals surface area contributed by atoms with Crippen molar-refractivity contribution in [2.75, 3.05) is 7.11 Å². The van der Waals surface area contributed by atoms with Gasteiger partial charge in [0.15, 0.2) is 0 Å². The summed E-state index contributed by atoms with van der Waals surface area (Å²) >= 11 is 1.62. The molecule has 0 unspecified atom stereocenters. The highest BCUT2D eigenvalue weighted by Crippen LogP contribution is 2.23. The zero-order valence-corrected chi connectivity index (χ0v) is 12.3. The Kier molecular flexibility index (Phi) is 4.63. The topological polar surface area (TPSA) is 58.6 Å². The second kappa shape index (κ2) is 6.43. The average Bonchev–Trinajstić information content (AvgIpc) is 2.92. The lowest BCUT2D eigenvalue weighted by molar-refractivity contribution is 0.0948. The number of carbonyl (C=O) groups excluding carboxylic acids is 1. The summed E-state index contributed by atoms with van der Waals surface area (Å²) in [7, 11) is 1.51. The maximum atomic E-state index is 12.1. The summed E-state index contributed by atoms with van der Waals surface area (Å²) in [5.41, 5.74) is 1.50. The summed E-state index contributed by atoms with van der Waals surface area (Å²) in [6.07, 6.45) is 0.947. The van der Waals surface area contributed by atoms with E-state index in [0.717, 1.165) is 11.3 Å². The maximum absolute atomic E-state index is 12.1. The third-order valence-electron chi connectivity index (χ3n) is 3.08. The van der Waals surface area contributed by atoms with E-state index >= 15 is 0 Å². The van der Waals surface area contributed by atoms with E-state index in [1.165, 1.54) is 18.7 Å². The predicted octanol–water partition coefficient (Wildman–Crippen LogP) is 2.95. The van der Waals surface area contributed by atoms with E-state index in [4.69, 9.17) is 4.74 Å². The second-order valence-corrected chi connectivity index (χ2v) is 5.29. The minimum Gasteiger partial charge on any atom is -0.507 e. The highest BCUT2D eigenvalue weighted by atomic mass is 32.1. The maximum Gasteiger partial charge on any atom is 0.255 e. The molecule has 20 heavy (non-hydrogen) atoms. The Morgan fingerprint density at radius 2 is 2.20 bits per heavy atom. The fourth-order valence-corrected chi connectivity index (χ4v) is 2.84. The van der Waals surface area contributed by atoms with E-state index < -0.39 is 0 Å². The van der Waals surface area contributed by atoms with E-state index in [9.17, 15) is 9.90 Å². The Balaban J connectivity index is 2.05. The molecule has 0 radical (unpaired) electrons. The van der Waals surface area contributed by atoms with Crippen molar-refractivity contribution < 1.29 is 14.6 Å². The van der Waals surface area contributed by atoms with Gasteiger partial charge in [-0.3, -0.25) is 4.79 Å². The Morgan fingerprint density at radius 3 is 2.85 bits per heavy atom. The molecule has 1 heterocycles. The first kappa shape index (κ1) is 14.4. The van der Waals surface area contributed by atoms with E-state index in [2.05, 4.69) is 18.3 Å². The number of rotatable bonds is 5. The summed E-state index contributed by atoms with van der Waals surface area (Å²) in [6.45, 7) is 2.56. The highest BCUT2D eigenvalue weighted by Gasteiger charge is 2.12. The molecule has 1 aromatic carbocycles. The number of hydrogen-bond donors (Lipinski definition) is 2. The number of phenols is 1. The smallest absolute Gasteiger partial charge is 0.255 e. The van der Waals surface area contributed by atoms with Gasteiger partial charge in [-0.2, -0.15) is 0 Å².